The highest BCUT2D eigenvalue weighted by Crippen LogP contribution is 2.28. The third-order valence-corrected chi connectivity index (χ3v) is 6.23. The first-order valence-corrected chi connectivity index (χ1v) is 11.7. The van der Waals surface area contributed by atoms with Gasteiger partial charge >= 0.3 is 0 Å². The van der Waals surface area contributed by atoms with Gasteiger partial charge in [0.25, 0.3) is 0 Å². The number of nitrogens with zero attached hydrogens (tertiary/aromatic N) is 4. The number of anilines is 3. The van der Waals surface area contributed by atoms with Gasteiger partial charge in [-0.1, -0.05) is 6.07 Å². The van der Waals surface area contributed by atoms with Crippen molar-refractivity contribution in [2.45, 2.75) is 59.2 Å². The maximum Gasteiger partial charge on any atom is 0.131 e. The standard InChI is InChI=1S/C26H36N6O/c1-18-6-8-22(27-5)12-19(18)7-9-23-14-25(32(30-23)26(2,3)4)29-24-13-20-16-31(10-11-33)17-21(20)15-28-24/h6,8,12-15,27,33H,7,9-11,16-17H2,1-5H3,(H,28,29). The van der Waals surface area contributed by atoms with Crippen LogP contribution in [-0.2, 0) is 31.5 Å². The maximum atomic E-state index is 9.24. The number of hydrogen-bond donors (Lipinski definition) is 3. The molecule has 0 bridgehead atoms. The Hall–Kier alpha value is -2.90. The van der Waals surface area contributed by atoms with E-state index in [1.54, 1.807) is 0 Å². The van der Waals surface area contributed by atoms with E-state index >= 15 is 0 Å². The van der Waals surface area contributed by atoms with E-state index in [-0.39, 0.29) is 12.1 Å². The third kappa shape index (κ3) is 5.37. The molecule has 0 saturated carbocycles. The zero-order valence-corrected chi connectivity index (χ0v) is 20.4. The molecule has 33 heavy (non-hydrogen) atoms. The molecule has 0 saturated heterocycles. The predicted octanol–water partition coefficient (Wildman–Crippen LogP) is 4.22. The maximum absolute atomic E-state index is 9.24. The predicted molar refractivity (Wildman–Crippen MR) is 134 cm³/mol. The van der Waals surface area contributed by atoms with Crippen LogP contribution in [0.4, 0.5) is 17.3 Å². The summed E-state index contributed by atoms with van der Waals surface area (Å²) in [6, 6.07) is 10.8. The number of β-amino-alcohol motifs (C(OH)–C–C–N with tert-alkyl or cyclic N) is 1. The molecule has 0 unspecified atom stereocenters. The highest BCUT2D eigenvalue weighted by Gasteiger charge is 2.22. The van der Waals surface area contributed by atoms with Crippen LogP contribution in [0, 0.1) is 6.92 Å². The van der Waals surface area contributed by atoms with Crippen LogP contribution in [0.3, 0.4) is 0 Å². The average molecular weight is 449 g/mol. The molecular formula is C26H36N6O. The normalized spacial score (nSPS) is 13.9. The van der Waals surface area contributed by atoms with Crippen molar-refractivity contribution in [1.29, 1.82) is 0 Å². The first kappa shape index (κ1) is 23.3. The lowest BCUT2D eigenvalue weighted by Gasteiger charge is -2.22. The Labute approximate surface area is 196 Å². The summed E-state index contributed by atoms with van der Waals surface area (Å²) in [4.78, 5) is 6.88. The minimum Gasteiger partial charge on any atom is -0.395 e. The molecule has 0 atom stereocenters. The minimum absolute atomic E-state index is 0.156. The lowest BCUT2D eigenvalue weighted by Crippen LogP contribution is -2.24. The number of aryl methyl sites for hydroxylation is 3. The van der Waals surface area contributed by atoms with Crippen molar-refractivity contribution in [3.05, 3.63) is 64.5 Å². The van der Waals surface area contributed by atoms with Gasteiger partial charge in [0.05, 0.1) is 17.8 Å². The molecule has 7 heteroatoms. The lowest BCUT2D eigenvalue weighted by molar-refractivity contribution is 0.198. The van der Waals surface area contributed by atoms with Crippen LogP contribution < -0.4 is 10.6 Å². The molecule has 1 aromatic carbocycles. The van der Waals surface area contributed by atoms with E-state index in [1.807, 2.05) is 13.2 Å². The molecular weight excluding hydrogens is 412 g/mol. The van der Waals surface area contributed by atoms with Crippen LogP contribution >= 0.6 is 0 Å². The number of pyridine rings is 1. The summed E-state index contributed by atoms with van der Waals surface area (Å²) in [5, 5.41) is 20.9. The Bertz CT molecular complexity index is 1110. The van der Waals surface area contributed by atoms with E-state index in [0.29, 0.717) is 6.54 Å². The molecule has 0 spiro atoms. The molecule has 7 nitrogen and oxygen atoms in total. The SMILES string of the molecule is CNc1ccc(C)c(CCc2cc(Nc3cc4c(cn3)CN(CCO)C4)n(C(C)(C)C)n2)c1. The Balaban J connectivity index is 1.53. The van der Waals surface area contributed by atoms with E-state index in [2.05, 4.69) is 83.2 Å². The van der Waals surface area contributed by atoms with Crippen LogP contribution in [0.15, 0.2) is 36.5 Å². The van der Waals surface area contributed by atoms with Gasteiger partial charge in [0.1, 0.15) is 11.6 Å². The molecule has 0 fully saturated rings. The summed E-state index contributed by atoms with van der Waals surface area (Å²) in [6.07, 6.45) is 3.77. The second kappa shape index (κ2) is 9.53. The molecule has 3 N–H and O–H groups in total. The fourth-order valence-corrected chi connectivity index (χ4v) is 4.36. The summed E-state index contributed by atoms with van der Waals surface area (Å²) >= 11 is 0. The Morgan fingerprint density at radius 1 is 1.06 bits per heavy atom. The molecule has 3 aromatic rings. The van der Waals surface area contributed by atoms with Gasteiger partial charge in [0.15, 0.2) is 0 Å². The molecule has 176 valence electrons. The minimum atomic E-state index is -0.156. The van der Waals surface area contributed by atoms with Gasteiger partial charge in [-0.05, 0) is 81.0 Å². The van der Waals surface area contributed by atoms with Crippen molar-refractivity contribution in [1.82, 2.24) is 19.7 Å². The van der Waals surface area contributed by atoms with Crippen molar-refractivity contribution in [2.24, 2.45) is 0 Å². The number of aliphatic hydroxyl groups is 1. The van der Waals surface area contributed by atoms with E-state index in [1.165, 1.54) is 22.3 Å². The number of hydrogen-bond acceptors (Lipinski definition) is 6. The van der Waals surface area contributed by atoms with Crippen LogP contribution in [0.25, 0.3) is 0 Å². The van der Waals surface area contributed by atoms with Crippen LogP contribution in [0.1, 0.15) is 48.7 Å². The smallest absolute Gasteiger partial charge is 0.131 e. The Morgan fingerprint density at radius 3 is 2.58 bits per heavy atom. The van der Waals surface area contributed by atoms with E-state index < -0.39 is 0 Å². The first-order valence-electron chi connectivity index (χ1n) is 11.7. The molecule has 4 rings (SSSR count). The quantitative estimate of drug-likeness (QED) is 0.479. The van der Waals surface area contributed by atoms with E-state index in [0.717, 1.165) is 48.9 Å². The fourth-order valence-electron chi connectivity index (χ4n) is 4.36. The van der Waals surface area contributed by atoms with Gasteiger partial charge in [-0.25, -0.2) is 9.67 Å². The molecule has 1 aliphatic rings. The van der Waals surface area contributed by atoms with Crippen molar-refractivity contribution in [2.75, 3.05) is 30.8 Å². The Kier molecular flexibility index (Phi) is 6.72. The van der Waals surface area contributed by atoms with Crippen LogP contribution in [-0.4, -0.2) is 45.0 Å². The monoisotopic (exact) mass is 448 g/mol. The van der Waals surface area contributed by atoms with Crippen molar-refractivity contribution >= 4 is 17.3 Å². The molecule has 0 aliphatic carbocycles. The zero-order valence-electron chi connectivity index (χ0n) is 20.4. The zero-order chi connectivity index (χ0) is 23.6. The molecule has 1 aliphatic heterocycles. The second-order valence-electron chi connectivity index (χ2n) is 9.89. The van der Waals surface area contributed by atoms with Gasteiger partial charge < -0.3 is 15.7 Å². The summed E-state index contributed by atoms with van der Waals surface area (Å²) in [5.74, 6) is 1.78. The molecule has 3 heterocycles. The van der Waals surface area contributed by atoms with E-state index in [9.17, 15) is 5.11 Å². The summed E-state index contributed by atoms with van der Waals surface area (Å²) in [7, 11) is 1.95. The van der Waals surface area contributed by atoms with Crippen LogP contribution in [0.2, 0.25) is 0 Å². The fraction of sp³-hybridized carbons (Fsp3) is 0.462. The number of aromatic nitrogens is 3. The van der Waals surface area contributed by atoms with Gasteiger partial charge in [0, 0.05) is 44.6 Å². The lowest BCUT2D eigenvalue weighted by atomic mass is 10.0. The number of nitrogens with one attached hydrogen (secondary N) is 2. The average Bonchev–Trinajstić information content (AvgIpc) is 3.36. The highest BCUT2D eigenvalue weighted by atomic mass is 16.3. The largest absolute Gasteiger partial charge is 0.395 e. The van der Waals surface area contributed by atoms with Gasteiger partial charge in [-0.2, -0.15) is 5.10 Å². The molecule has 0 radical (unpaired) electrons. The van der Waals surface area contributed by atoms with Crippen LogP contribution in [0.5, 0.6) is 0 Å². The molecule has 2 aromatic heterocycles. The van der Waals surface area contributed by atoms with Crippen molar-refractivity contribution in [3.8, 4) is 0 Å². The Morgan fingerprint density at radius 2 is 1.85 bits per heavy atom. The van der Waals surface area contributed by atoms with E-state index in [4.69, 9.17) is 5.10 Å². The van der Waals surface area contributed by atoms with Crippen molar-refractivity contribution in [3.63, 3.8) is 0 Å². The van der Waals surface area contributed by atoms with Gasteiger partial charge in [-0.3, -0.25) is 4.90 Å². The second-order valence-corrected chi connectivity index (χ2v) is 9.89. The summed E-state index contributed by atoms with van der Waals surface area (Å²) in [6.45, 7) is 11.2. The number of rotatable bonds is 8. The first-order chi connectivity index (χ1) is 15.8. The summed E-state index contributed by atoms with van der Waals surface area (Å²) in [5.41, 5.74) is 7.20. The molecule has 0 amide bonds. The number of fused-ring (bicyclic) bond motifs is 1. The highest BCUT2D eigenvalue weighted by molar-refractivity contribution is 5.55. The number of benzene rings is 1. The summed E-state index contributed by atoms with van der Waals surface area (Å²) < 4.78 is 2.06. The van der Waals surface area contributed by atoms with Gasteiger partial charge in [0.2, 0.25) is 0 Å². The topological polar surface area (TPSA) is 78.2 Å². The third-order valence-electron chi connectivity index (χ3n) is 6.23. The van der Waals surface area contributed by atoms with Gasteiger partial charge in [-0.15, -0.1) is 0 Å². The number of aliphatic hydroxyl groups excluding tert-OH is 1. The van der Waals surface area contributed by atoms with Crippen molar-refractivity contribution < 1.29 is 5.11 Å².